The molecule has 0 fully saturated rings. The molecule has 4 nitrogen and oxygen atoms in total. The van der Waals surface area contributed by atoms with Crippen molar-refractivity contribution < 1.29 is 9.59 Å². The van der Waals surface area contributed by atoms with Crippen molar-refractivity contribution in [2.45, 2.75) is 19.8 Å². The standard InChI is InChI=1S/C26H21ClN2O2/c1-17-6-4-9-21(16-17)29-25(30)23(19-11-13-20(27)14-12-19)24(26(29)31)28-15-5-8-18-7-2-3-10-22(18)28/h2-4,6-7,9-14,16H,5,8,15H2,1H3. The Bertz CT molecular complexity index is 1230. The number of halogens is 1. The summed E-state index contributed by atoms with van der Waals surface area (Å²) in [4.78, 5) is 30.7. The molecule has 3 aromatic rings. The highest BCUT2D eigenvalue weighted by Crippen LogP contribution is 2.39. The minimum Gasteiger partial charge on any atom is -0.336 e. The van der Waals surface area contributed by atoms with Crippen LogP contribution < -0.4 is 9.80 Å². The molecule has 0 aromatic heterocycles. The van der Waals surface area contributed by atoms with E-state index >= 15 is 0 Å². The van der Waals surface area contributed by atoms with E-state index in [2.05, 4.69) is 6.07 Å². The van der Waals surface area contributed by atoms with Gasteiger partial charge in [0.05, 0.1) is 11.3 Å². The molecule has 0 aliphatic carbocycles. The maximum absolute atomic E-state index is 13.8. The van der Waals surface area contributed by atoms with E-state index in [0.717, 1.165) is 24.1 Å². The number of para-hydroxylation sites is 1. The van der Waals surface area contributed by atoms with Gasteiger partial charge in [-0.1, -0.05) is 54.1 Å². The number of rotatable bonds is 3. The quantitative estimate of drug-likeness (QED) is 0.525. The number of hydrogen-bond acceptors (Lipinski definition) is 3. The SMILES string of the molecule is Cc1cccc(N2C(=O)C(c3ccc(Cl)cc3)=C(N3CCCc4ccccc43)C2=O)c1. The average Bonchev–Trinajstić information content (AvgIpc) is 3.04. The summed E-state index contributed by atoms with van der Waals surface area (Å²) in [5.41, 5.74) is 5.29. The van der Waals surface area contributed by atoms with Crippen LogP contribution in [0.3, 0.4) is 0 Å². The van der Waals surface area contributed by atoms with Gasteiger partial charge in [-0.2, -0.15) is 0 Å². The lowest BCUT2D eigenvalue weighted by atomic mass is 9.98. The minimum absolute atomic E-state index is 0.294. The lowest BCUT2D eigenvalue weighted by Gasteiger charge is -2.32. The Morgan fingerprint density at radius 1 is 0.871 bits per heavy atom. The van der Waals surface area contributed by atoms with E-state index in [1.807, 2.05) is 48.2 Å². The molecular weight excluding hydrogens is 408 g/mol. The van der Waals surface area contributed by atoms with Crippen LogP contribution in [0.25, 0.3) is 5.57 Å². The number of carbonyl (C=O) groups excluding carboxylic acids is 2. The van der Waals surface area contributed by atoms with Crippen molar-refractivity contribution in [3.63, 3.8) is 0 Å². The summed E-state index contributed by atoms with van der Waals surface area (Å²) < 4.78 is 0. The normalized spacial score (nSPS) is 16.2. The molecule has 0 bridgehead atoms. The molecule has 154 valence electrons. The van der Waals surface area contributed by atoms with Gasteiger partial charge in [0.2, 0.25) is 0 Å². The summed E-state index contributed by atoms with van der Waals surface area (Å²) in [6, 6.07) is 22.7. The van der Waals surface area contributed by atoms with E-state index in [-0.39, 0.29) is 11.8 Å². The number of amides is 2. The molecule has 31 heavy (non-hydrogen) atoms. The van der Waals surface area contributed by atoms with E-state index in [4.69, 9.17) is 11.6 Å². The number of nitrogens with zero attached hydrogens (tertiary/aromatic N) is 2. The monoisotopic (exact) mass is 428 g/mol. The Morgan fingerprint density at radius 3 is 2.42 bits per heavy atom. The van der Waals surface area contributed by atoms with Crippen LogP contribution in [0, 0.1) is 6.92 Å². The molecule has 0 saturated heterocycles. The molecule has 2 amide bonds. The molecule has 5 rings (SSSR count). The van der Waals surface area contributed by atoms with Crippen molar-refractivity contribution >= 4 is 40.4 Å². The van der Waals surface area contributed by atoms with E-state index < -0.39 is 0 Å². The number of fused-ring (bicyclic) bond motifs is 1. The summed E-state index contributed by atoms with van der Waals surface area (Å²) >= 11 is 6.09. The zero-order valence-electron chi connectivity index (χ0n) is 17.1. The minimum atomic E-state index is -0.309. The van der Waals surface area contributed by atoms with Crippen LogP contribution in [0.1, 0.15) is 23.1 Å². The highest BCUT2D eigenvalue weighted by atomic mass is 35.5. The number of aryl methyl sites for hydroxylation is 2. The van der Waals surface area contributed by atoms with Gasteiger partial charge in [0.15, 0.2) is 0 Å². The maximum atomic E-state index is 13.8. The fourth-order valence-electron chi connectivity index (χ4n) is 4.41. The highest BCUT2D eigenvalue weighted by Gasteiger charge is 2.43. The molecule has 2 aliphatic rings. The number of hydrogen-bond donors (Lipinski definition) is 0. The first-order valence-electron chi connectivity index (χ1n) is 10.4. The zero-order valence-corrected chi connectivity index (χ0v) is 17.9. The van der Waals surface area contributed by atoms with Gasteiger partial charge in [0, 0.05) is 17.3 Å². The number of carbonyl (C=O) groups is 2. The molecule has 0 atom stereocenters. The van der Waals surface area contributed by atoms with Gasteiger partial charge in [-0.3, -0.25) is 9.59 Å². The van der Waals surface area contributed by atoms with E-state index in [0.29, 0.717) is 34.1 Å². The first-order valence-corrected chi connectivity index (χ1v) is 10.7. The molecule has 2 aliphatic heterocycles. The molecule has 5 heteroatoms. The second-order valence-corrected chi connectivity index (χ2v) is 8.34. The van der Waals surface area contributed by atoms with Crippen LogP contribution in [0.15, 0.2) is 78.5 Å². The van der Waals surface area contributed by atoms with Gasteiger partial charge in [0.1, 0.15) is 5.70 Å². The Hall–Kier alpha value is -3.37. The Labute approximate surface area is 186 Å². The zero-order chi connectivity index (χ0) is 21.5. The Balaban J connectivity index is 1.70. The molecule has 3 aromatic carbocycles. The third-order valence-electron chi connectivity index (χ3n) is 5.83. The fourth-order valence-corrected chi connectivity index (χ4v) is 4.54. The molecule has 0 saturated carbocycles. The lowest BCUT2D eigenvalue weighted by Crippen LogP contribution is -2.37. The van der Waals surface area contributed by atoms with Crippen LogP contribution >= 0.6 is 11.6 Å². The van der Waals surface area contributed by atoms with Crippen LogP contribution in [-0.2, 0) is 16.0 Å². The van der Waals surface area contributed by atoms with E-state index in [1.54, 1.807) is 30.3 Å². The lowest BCUT2D eigenvalue weighted by molar-refractivity contribution is -0.120. The predicted molar refractivity (Wildman–Crippen MR) is 124 cm³/mol. The van der Waals surface area contributed by atoms with Crippen LogP contribution in [0.4, 0.5) is 11.4 Å². The molecular formula is C26H21ClN2O2. The van der Waals surface area contributed by atoms with Crippen LogP contribution in [0.5, 0.6) is 0 Å². The van der Waals surface area contributed by atoms with Crippen molar-refractivity contribution in [2.24, 2.45) is 0 Å². The topological polar surface area (TPSA) is 40.6 Å². The molecule has 0 spiro atoms. The highest BCUT2D eigenvalue weighted by molar-refractivity contribution is 6.46. The first-order chi connectivity index (χ1) is 15.0. The van der Waals surface area contributed by atoms with Crippen molar-refractivity contribution in [1.29, 1.82) is 0 Å². The number of anilines is 2. The van der Waals surface area contributed by atoms with Crippen LogP contribution in [-0.4, -0.2) is 18.4 Å². The van der Waals surface area contributed by atoms with Gasteiger partial charge in [0.25, 0.3) is 11.8 Å². The van der Waals surface area contributed by atoms with E-state index in [1.165, 1.54) is 10.5 Å². The summed E-state index contributed by atoms with van der Waals surface area (Å²) in [7, 11) is 0. The van der Waals surface area contributed by atoms with Crippen molar-refractivity contribution in [1.82, 2.24) is 0 Å². The summed E-state index contributed by atoms with van der Waals surface area (Å²) in [6.45, 7) is 2.63. The van der Waals surface area contributed by atoms with Gasteiger partial charge < -0.3 is 4.90 Å². The van der Waals surface area contributed by atoms with E-state index in [9.17, 15) is 9.59 Å². The second kappa shape index (κ2) is 7.71. The number of imide groups is 1. The maximum Gasteiger partial charge on any atom is 0.282 e. The van der Waals surface area contributed by atoms with Crippen molar-refractivity contribution in [3.05, 3.63) is 100 Å². The van der Waals surface area contributed by atoms with Gasteiger partial charge >= 0.3 is 0 Å². The van der Waals surface area contributed by atoms with Crippen molar-refractivity contribution in [3.8, 4) is 0 Å². The first kappa shape index (κ1) is 19.6. The van der Waals surface area contributed by atoms with Gasteiger partial charge in [-0.25, -0.2) is 4.90 Å². The summed E-state index contributed by atoms with van der Waals surface area (Å²) in [5, 5.41) is 0.585. The van der Waals surface area contributed by atoms with Crippen molar-refractivity contribution in [2.75, 3.05) is 16.3 Å². The fraction of sp³-hybridized carbons (Fsp3) is 0.154. The largest absolute Gasteiger partial charge is 0.336 e. The summed E-state index contributed by atoms with van der Waals surface area (Å²) in [6.07, 6.45) is 1.88. The number of benzene rings is 3. The Morgan fingerprint density at radius 2 is 1.65 bits per heavy atom. The van der Waals surface area contributed by atoms with Crippen LogP contribution in [0.2, 0.25) is 5.02 Å². The van der Waals surface area contributed by atoms with Gasteiger partial charge in [-0.15, -0.1) is 0 Å². The summed E-state index contributed by atoms with van der Waals surface area (Å²) in [5.74, 6) is -0.603. The van der Waals surface area contributed by atoms with Gasteiger partial charge in [-0.05, 0) is 66.8 Å². The molecule has 0 radical (unpaired) electrons. The molecule has 2 heterocycles. The molecule has 0 unspecified atom stereocenters. The Kier molecular flexibility index (Phi) is 4.87. The predicted octanol–water partition coefficient (Wildman–Crippen LogP) is 5.39. The smallest absolute Gasteiger partial charge is 0.282 e. The average molecular weight is 429 g/mol. The molecule has 0 N–H and O–H groups in total. The third kappa shape index (κ3) is 3.33. The third-order valence-corrected chi connectivity index (χ3v) is 6.08. The second-order valence-electron chi connectivity index (χ2n) is 7.90.